The number of hydrogen-bond donors (Lipinski definition) is 0. The van der Waals surface area contributed by atoms with Gasteiger partial charge in [0.05, 0.1) is 12.2 Å². The Morgan fingerprint density at radius 3 is 0.674 bits per heavy atom. The van der Waals surface area contributed by atoms with Crippen LogP contribution in [0.5, 0.6) is 0 Å². The van der Waals surface area contributed by atoms with Crippen LogP contribution in [0.15, 0.2) is 0 Å². The summed E-state index contributed by atoms with van der Waals surface area (Å²) in [5, 5.41) is 0. The Kier molecular flexibility index (Phi) is 11.9. The molecule has 6 aliphatic rings. The van der Waals surface area contributed by atoms with Crippen LogP contribution in [0.1, 0.15) is 182 Å². The van der Waals surface area contributed by atoms with Crippen LogP contribution in [-0.4, -0.2) is 58.3 Å². The second kappa shape index (κ2) is 15.6. The summed E-state index contributed by atoms with van der Waals surface area (Å²) < 4.78 is 6.99. The van der Waals surface area contributed by atoms with Crippen molar-refractivity contribution in [3.05, 3.63) is 0 Å². The van der Waals surface area contributed by atoms with E-state index in [4.69, 9.17) is 4.74 Å². The number of rotatable bonds is 8. The molecule has 0 aliphatic heterocycles. The Morgan fingerprint density at radius 1 is 0.279 bits per heavy atom. The van der Waals surface area contributed by atoms with E-state index in [0.717, 1.165) is 59.9 Å². The average Bonchev–Trinajstić information content (AvgIpc) is 3.03. The smallest absolute Gasteiger partial charge is 0.0580 e. The minimum Gasteiger partial charge on any atom is -0.375 e. The Balaban J connectivity index is 0.993. The first-order chi connectivity index (χ1) is 20.9. The second-order valence-electron chi connectivity index (χ2n) is 17.5. The van der Waals surface area contributed by atoms with E-state index in [0.29, 0.717) is 12.2 Å². The van der Waals surface area contributed by atoms with Crippen LogP contribution in [0.4, 0.5) is 0 Å². The average molecular weight is 597 g/mol. The van der Waals surface area contributed by atoms with Gasteiger partial charge in [0.25, 0.3) is 0 Å². The molecule has 0 aromatic rings. The maximum absolute atomic E-state index is 6.99. The highest BCUT2D eigenvalue weighted by atomic mass is 16.5. The minimum atomic E-state index is 0.535. The molecule has 248 valence electrons. The Labute approximate surface area is 268 Å². The van der Waals surface area contributed by atoms with Gasteiger partial charge in [0.1, 0.15) is 0 Å². The van der Waals surface area contributed by atoms with Gasteiger partial charge in [-0.3, -0.25) is 9.80 Å². The lowest BCUT2D eigenvalue weighted by Gasteiger charge is -2.50. The van der Waals surface area contributed by atoms with Gasteiger partial charge in [-0.05, 0) is 178 Å². The molecule has 43 heavy (non-hydrogen) atoms. The van der Waals surface area contributed by atoms with Crippen molar-refractivity contribution >= 4 is 0 Å². The lowest BCUT2D eigenvalue weighted by atomic mass is 9.79. The van der Waals surface area contributed by atoms with Crippen LogP contribution in [-0.2, 0) is 4.74 Å². The molecule has 0 N–H and O–H groups in total. The summed E-state index contributed by atoms with van der Waals surface area (Å²) in [5.41, 5.74) is 0. The molecule has 3 heteroatoms. The van der Waals surface area contributed by atoms with Gasteiger partial charge in [0, 0.05) is 36.3 Å². The van der Waals surface area contributed by atoms with Gasteiger partial charge in [0.15, 0.2) is 0 Å². The topological polar surface area (TPSA) is 15.7 Å². The lowest BCUT2D eigenvalue weighted by molar-refractivity contribution is -0.0799. The normalized spacial score (nSPS) is 45.3. The monoisotopic (exact) mass is 597 g/mol. The zero-order valence-electron chi connectivity index (χ0n) is 29.2. The van der Waals surface area contributed by atoms with Gasteiger partial charge in [-0.1, -0.05) is 27.7 Å². The van der Waals surface area contributed by atoms with Gasteiger partial charge in [0.2, 0.25) is 0 Å². The SMILES string of the molecule is CC1CCC(N(C2CCC(C)CC2)C2CCC(OC3CCC(N(C4CCC(C)CC4)C4CCC(C)CC4)CC3)CC2)CC1. The summed E-state index contributed by atoms with van der Waals surface area (Å²) in [4.78, 5) is 6.29. The van der Waals surface area contributed by atoms with E-state index in [2.05, 4.69) is 37.5 Å². The van der Waals surface area contributed by atoms with E-state index >= 15 is 0 Å². The fourth-order valence-corrected chi connectivity index (χ4v) is 11.2. The van der Waals surface area contributed by atoms with Crippen molar-refractivity contribution in [2.24, 2.45) is 23.7 Å². The number of hydrogen-bond acceptors (Lipinski definition) is 3. The molecule has 0 radical (unpaired) electrons. The predicted molar refractivity (Wildman–Crippen MR) is 183 cm³/mol. The second-order valence-corrected chi connectivity index (χ2v) is 17.5. The van der Waals surface area contributed by atoms with Crippen LogP contribution in [0.3, 0.4) is 0 Å². The first kappa shape index (κ1) is 32.8. The van der Waals surface area contributed by atoms with Crippen LogP contribution in [0.25, 0.3) is 0 Å². The van der Waals surface area contributed by atoms with Crippen LogP contribution in [0, 0.1) is 23.7 Å². The van der Waals surface area contributed by atoms with Crippen molar-refractivity contribution in [1.82, 2.24) is 9.80 Å². The Morgan fingerprint density at radius 2 is 0.465 bits per heavy atom. The summed E-state index contributed by atoms with van der Waals surface area (Å²) in [6.07, 6.45) is 35.3. The van der Waals surface area contributed by atoms with Crippen LogP contribution < -0.4 is 0 Å². The largest absolute Gasteiger partial charge is 0.375 e. The maximum Gasteiger partial charge on any atom is 0.0580 e. The van der Waals surface area contributed by atoms with E-state index in [9.17, 15) is 0 Å². The highest BCUT2D eigenvalue weighted by molar-refractivity contribution is 4.94. The predicted octanol–water partition coefficient (Wildman–Crippen LogP) is 10.5. The molecule has 6 rings (SSSR count). The molecule has 0 aromatic carbocycles. The molecular formula is C40H72N2O. The molecule has 0 spiro atoms. The molecule has 0 saturated heterocycles. The third-order valence-electron chi connectivity index (χ3n) is 14.1. The van der Waals surface area contributed by atoms with Gasteiger partial charge < -0.3 is 4.74 Å². The molecule has 6 fully saturated rings. The molecule has 6 saturated carbocycles. The summed E-state index contributed by atoms with van der Waals surface area (Å²) in [5.74, 6) is 3.81. The molecule has 0 atom stereocenters. The van der Waals surface area contributed by atoms with Gasteiger partial charge in [-0.2, -0.15) is 0 Å². The minimum absolute atomic E-state index is 0.535. The van der Waals surface area contributed by atoms with Crippen molar-refractivity contribution in [2.75, 3.05) is 0 Å². The van der Waals surface area contributed by atoms with E-state index in [-0.39, 0.29) is 0 Å². The van der Waals surface area contributed by atoms with Crippen LogP contribution >= 0.6 is 0 Å². The molecule has 0 amide bonds. The fourth-order valence-electron chi connectivity index (χ4n) is 11.2. The van der Waals surface area contributed by atoms with Crippen LogP contribution in [0.2, 0.25) is 0 Å². The molecule has 0 heterocycles. The van der Waals surface area contributed by atoms with E-state index in [1.54, 1.807) is 0 Å². The number of nitrogens with zero attached hydrogens (tertiary/aromatic N) is 2. The zero-order chi connectivity index (χ0) is 29.8. The fraction of sp³-hybridized carbons (Fsp3) is 1.00. The van der Waals surface area contributed by atoms with Gasteiger partial charge in [-0.15, -0.1) is 0 Å². The summed E-state index contributed by atoms with van der Waals surface area (Å²) >= 11 is 0. The first-order valence-electron chi connectivity index (χ1n) is 20.1. The quantitative estimate of drug-likeness (QED) is 0.277. The standard InChI is InChI=1S/C40H72N2O/c1-29-5-13-33(14-6-29)41(34-15-7-30(2)8-16-34)37-21-25-39(26-22-37)43-40-27-23-38(24-28-40)42(35-17-9-31(3)10-18-35)36-19-11-32(4)12-20-36/h29-40H,5-28H2,1-4H3. The van der Waals surface area contributed by atoms with Crippen molar-refractivity contribution in [2.45, 2.75) is 230 Å². The summed E-state index contributed by atoms with van der Waals surface area (Å²) in [7, 11) is 0. The van der Waals surface area contributed by atoms with Gasteiger partial charge in [-0.25, -0.2) is 0 Å². The number of ether oxygens (including phenoxy) is 1. The lowest BCUT2D eigenvalue weighted by Crippen LogP contribution is -2.53. The molecule has 0 unspecified atom stereocenters. The molecule has 3 nitrogen and oxygen atoms in total. The van der Waals surface area contributed by atoms with Crippen molar-refractivity contribution in [3.8, 4) is 0 Å². The third kappa shape index (κ3) is 8.62. The van der Waals surface area contributed by atoms with Crippen molar-refractivity contribution in [3.63, 3.8) is 0 Å². The van der Waals surface area contributed by atoms with Crippen molar-refractivity contribution < 1.29 is 4.74 Å². The summed E-state index contributed by atoms with van der Waals surface area (Å²) in [6, 6.07) is 5.14. The van der Waals surface area contributed by atoms with Crippen molar-refractivity contribution in [1.29, 1.82) is 0 Å². The molecule has 0 bridgehead atoms. The molecule has 0 aromatic heterocycles. The molecular weight excluding hydrogens is 524 g/mol. The van der Waals surface area contributed by atoms with E-state index in [1.807, 2.05) is 0 Å². The Hall–Kier alpha value is -0.120. The van der Waals surface area contributed by atoms with E-state index < -0.39 is 0 Å². The maximum atomic E-state index is 6.99. The Bertz CT molecular complexity index is 673. The summed E-state index contributed by atoms with van der Waals surface area (Å²) in [6.45, 7) is 9.96. The highest BCUT2D eigenvalue weighted by Gasteiger charge is 2.40. The molecule has 6 aliphatic carbocycles. The van der Waals surface area contributed by atoms with Gasteiger partial charge >= 0.3 is 0 Å². The highest BCUT2D eigenvalue weighted by Crippen LogP contribution is 2.41. The third-order valence-corrected chi connectivity index (χ3v) is 14.1. The first-order valence-corrected chi connectivity index (χ1v) is 20.1. The zero-order valence-corrected chi connectivity index (χ0v) is 29.2. The van der Waals surface area contributed by atoms with E-state index in [1.165, 1.54) is 154 Å².